The Labute approximate surface area is 101 Å². The Hall–Kier alpha value is -1.79. The van der Waals surface area contributed by atoms with Crippen LogP contribution in [0.1, 0.15) is 27.3 Å². The first-order chi connectivity index (χ1) is 8.11. The zero-order valence-electron chi connectivity index (χ0n) is 8.91. The van der Waals surface area contributed by atoms with Crippen molar-refractivity contribution in [3.8, 4) is 5.75 Å². The SMILES string of the molecule is COc1csc(C(O)c2ccc(C(=O)O)o2)c1. The van der Waals surface area contributed by atoms with E-state index in [-0.39, 0.29) is 11.5 Å². The van der Waals surface area contributed by atoms with Crippen LogP contribution in [0.5, 0.6) is 5.75 Å². The second-order valence-electron chi connectivity index (χ2n) is 3.30. The van der Waals surface area contributed by atoms with Gasteiger partial charge in [0.2, 0.25) is 5.76 Å². The number of aromatic carboxylic acids is 1. The van der Waals surface area contributed by atoms with E-state index < -0.39 is 12.1 Å². The van der Waals surface area contributed by atoms with Gasteiger partial charge in [0.1, 0.15) is 17.6 Å². The molecule has 0 fully saturated rings. The fraction of sp³-hybridized carbons (Fsp3) is 0.182. The number of hydrogen-bond donors (Lipinski definition) is 2. The molecule has 0 amide bonds. The Morgan fingerprint density at radius 3 is 2.82 bits per heavy atom. The lowest BCUT2D eigenvalue weighted by Crippen LogP contribution is -1.96. The van der Waals surface area contributed by atoms with Gasteiger partial charge < -0.3 is 19.4 Å². The van der Waals surface area contributed by atoms with Gasteiger partial charge in [0.05, 0.1) is 7.11 Å². The number of thiophene rings is 1. The molecule has 1 unspecified atom stereocenters. The van der Waals surface area contributed by atoms with E-state index in [4.69, 9.17) is 14.3 Å². The zero-order valence-corrected chi connectivity index (χ0v) is 9.73. The minimum absolute atomic E-state index is 0.192. The highest BCUT2D eigenvalue weighted by Gasteiger charge is 2.19. The van der Waals surface area contributed by atoms with Crippen molar-refractivity contribution < 1.29 is 24.2 Å². The van der Waals surface area contributed by atoms with Crippen molar-refractivity contribution in [3.05, 3.63) is 40.0 Å². The average molecular weight is 254 g/mol. The molecule has 6 heteroatoms. The maximum absolute atomic E-state index is 10.6. The van der Waals surface area contributed by atoms with Gasteiger partial charge >= 0.3 is 5.97 Å². The number of aliphatic hydroxyl groups excluding tert-OH is 1. The molecule has 0 saturated carbocycles. The topological polar surface area (TPSA) is 79.9 Å². The van der Waals surface area contributed by atoms with Crippen LogP contribution >= 0.6 is 11.3 Å². The van der Waals surface area contributed by atoms with E-state index in [2.05, 4.69) is 0 Å². The number of methoxy groups -OCH3 is 1. The van der Waals surface area contributed by atoms with Gasteiger partial charge in [-0.2, -0.15) is 0 Å². The van der Waals surface area contributed by atoms with Gasteiger partial charge in [-0.3, -0.25) is 0 Å². The molecule has 2 aromatic rings. The Morgan fingerprint density at radius 2 is 2.29 bits per heavy atom. The summed E-state index contributed by atoms with van der Waals surface area (Å²) in [5, 5.41) is 20.4. The Kier molecular flexibility index (Phi) is 3.16. The van der Waals surface area contributed by atoms with Crippen LogP contribution in [0, 0.1) is 0 Å². The lowest BCUT2D eigenvalue weighted by Gasteiger charge is -2.03. The number of carbonyl (C=O) groups is 1. The molecule has 2 heterocycles. The molecule has 5 nitrogen and oxygen atoms in total. The van der Waals surface area contributed by atoms with E-state index >= 15 is 0 Å². The number of carboxylic acids is 1. The summed E-state index contributed by atoms with van der Waals surface area (Å²) in [6.45, 7) is 0. The first-order valence-electron chi connectivity index (χ1n) is 4.75. The molecule has 2 rings (SSSR count). The summed E-state index contributed by atoms with van der Waals surface area (Å²) in [4.78, 5) is 11.3. The fourth-order valence-electron chi connectivity index (χ4n) is 1.34. The van der Waals surface area contributed by atoms with Gasteiger partial charge in [-0.15, -0.1) is 11.3 Å². The molecule has 90 valence electrons. The molecule has 0 aromatic carbocycles. The quantitative estimate of drug-likeness (QED) is 0.873. The van der Waals surface area contributed by atoms with E-state index in [1.165, 1.54) is 30.6 Å². The maximum Gasteiger partial charge on any atom is 0.371 e. The second-order valence-corrected chi connectivity index (χ2v) is 4.24. The molecule has 0 bridgehead atoms. The summed E-state index contributed by atoms with van der Waals surface area (Å²) in [5.74, 6) is -0.504. The average Bonchev–Trinajstić information content (AvgIpc) is 2.97. The second kappa shape index (κ2) is 4.60. The van der Waals surface area contributed by atoms with Crippen LogP contribution in [0.4, 0.5) is 0 Å². The molecule has 0 aliphatic rings. The van der Waals surface area contributed by atoms with Gasteiger partial charge in [0.15, 0.2) is 0 Å². The molecule has 1 atom stereocenters. The minimum atomic E-state index is -1.16. The van der Waals surface area contributed by atoms with Crippen molar-refractivity contribution in [2.75, 3.05) is 7.11 Å². The van der Waals surface area contributed by atoms with Crippen molar-refractivity contribution in [1.29, 1.82) is 0 Å². The van der Waals surface area contributed by atoms with Crippen LogP contribution in [0.2, 0.25) is 0 Å². The van der Waals surface area contributed by atoms with Crippen LogP contribution in [0.3, 0.4) is 0 Å². The summed E-state index contributed by atoms with van der Waals surface area (Å²) >= 11 is 1.31. The monoisotopic (exact) mass is 254 g/mol. The Bertz CT molecular complexity index is 527. The lowest BCUT2D eigenvalue weighted by molar-refractivity contribution is 0.0655. The van der Waals surface area contributed by atoms with Gasteiger partial charge in [0.25, 0.3) is 0 Å². The Morgan fingerprint density at radius 1 is 1.53 bits per heavy atom. The van der Waals surface area contributed by atoms with E-state index in [9.17, 15) is 9.90 Å². The molecule has 17 heavy (non-hydrogen) atoms. The molecule has 0 saturated heterocycles. The molecule has 2 aromatic heterocycles. The number of aliphatic hydroxyl groups is 1. The van der Waals surface area contributed by atoms with Crippen LogP contribution in [0.25, 0.3) is 0 Å². The van der Waals surface area contributed by atoms with Crippen LogP contribution in [0.15, 0.2) is 28.0 Å². The van der Waals surface area contributed by atoms with E-state index in [1.54, 1.807) is 11.4 Å². The maximum atomic E-state index is 10.6. The molecular weight excluding hydrogens is 244 g/mol. The highest BCUT2D eigenvalue weighted by molar-refractivity contribution is 7.10. The third-order valence-corrected chi connectivity index (χ3v) is 3.17. The predicted molar refractivity (Wildman–Crippen MR) is 60.6 cm³/mol. The van der Waals surface area contributed by atoms with Gasteiger partial charge in [-0.05, 0) is 18.2 Å². The number of furan rings is 1. The molecule has 0 spiro atoms. The van der Waals surface area contributed by atoms with Crippen LogP contribution in [-0.4, -0.2) is 23.3 Å². The number of carboxylic acid groups (broad SMARTS) is 1. The number of rotatable bonds is 4. The highest BCUT2D eigenvalue weighted by Crippen LogP contribution is 2.31. The van der Waals surface area contributed by atoms with Gasteiger partial charge in [-0.1, -0.05) is 0 Å². The third kappa shape index (κ3) is 2.32. The zero-order chi connectivity index (χ0) is 12.4. The summed E-state index contributed by atoms with van der Waals surface area (Å²) in [6, 6.07) is 4.43. The molecule has 0 aliphatic heterocycles. The standard InChI is InChI=1S/C11H10O5S/c1-15-6-4-9(17-5-6)10(12)7-2-3-8(16-7)11(13)14/h2-5,10,12H,1H3,(H,13,14). The van der Waals surface area contributed by atoms with E-state index in [0.717, 1.165) is 0 Å². The lowest BCUT2D eigenvalue weighted by atomic mass is 10.2. The summed E-state index contributed by atoms with van der Waals surface area (Å²) in [5.41, 5.74) is 0. The summed E-state index contributed by atoms with van der Waals surface area (Å²) in [6.07, 6.45) is -0.975. The van der Waals surface area contributed by atoms with Gasteiger partial charge in [0, 0.05) is 10.3 Å². The summed E-state index contributed by atoms with van der Waals surface area (Å²) < 4.78 is 10.0. The highest BCUT2D eigenvalue weighted by atomic mass is 32.1. The van der Waals surface area contributed by atoms with Crippen molar-refractivity contribution in [1.82, 2.24) is 0 Å². The predicted octanol–water partition coefficient (Wildman–Crippen LogP) is 2.13. The fourth-order valence-corrected chi connectivity index (χ4v) is 2.19. The van der Waals surface area contributed by atoms with E-state index in [1.807, 2.05) is 0 Å². The van der Waals surface area contributed by atoms with Gasteiger partial charge in [-0.25, -0.2) is 4.79 Å². The minimum Gasteiger partial charge on any atom is -0.496 e. The molecule has 2 N–H and O–H groups in total. The van der Waals surface area contributed by atoms with Crippen LogP contribution < -0.4 is 4.74 Å². The normalized spacial score (nSPS) is 12.4. The molecule has 0 radical (unpaired) electrons. The van der Waals surface area contributed by atoms with Crippen molar-refractivity contribution in [3.63, 3.8) is 0 Å². The smallest absolute Gasteiger partial charge is 0.371 e. The summed E-state index contributed by atoms with van der Waals surface area (Å²) in [7, 11) is 1.54. The number of hydrogen-bond acceptors (Lipinski definition) is 5. The van der Waals surface area contributed by atoms with Crippen molar-refractivity contribution in [2.45, 2.75) is 6.10 Å². The third-order valence-electron chi connectivity index (χ3n) is 2.21. The largest absolute Gasteiger partial charge is 0.496 e. The molecular formula is C11H10O5S. The number of ether oxygens (including phenoxy) is 1. The van der Waals surface area contributed by atoms with Crippen molar-refractivity contribution in [2.24, 2.45) is 0 Å². The Balaban J connectivity index is 2.23. The molecule has 0 aliphatic carbocycles. The van der Waals surface area contributed by atoms with Crippen molar-refractivity contribution >= 4 is 17.3 Å². The van der Waals surface area contributed by atoms with E-state index in [0.29, 0.717) is 10.6 Å². The first kappa shape index (κ1) is 11.7. The van der Waals surface area contributed by atoms with Crippen LogP contribution in [-0.2, 0) is 0 Å². The first-order valence-corrected chi connectivity index (χ1v) is 5.63.